The lowest BCUT2D eigenvalue weighted by Crippen LogP contribution is -2.19. The van der Waals surface area contributed by atoms with E-state index in [4.69, 9.17) is 24.7 Å². The van der Waals surface area contributed by atoms with E-state index >= 15 is 0 Å². The van der Waals surface area contributed by atoms with Crippen LogP contribution in [-0.4, -0.2) is 47.3 Å². The maximum absolute atomic E-state index is 6.09. The minimum Gasteiger partial charge on any atom is -0.496 e. The molecule has 1 aromatic rings. The Morgan fingerprint density at radius 1 is 1.00 bits per heavy atom. The van der Waals surface area contributed by atoms with E-state index in [0.717, 1.165) is 24.3 Å². The van der Waals surface area contributed by atoms with Crippen molar-refractivity contribution >= 4 is 0 Å². The largest absolute Gasteiger partial charge is 0.496 e. The SMILES string of the molecule is COCCCOCCOCC(N)c1ccccc1OC. The van der Waals surface area contributed by atoms with Crippen LogP contribution in [0, 0.1) is 0 Å². The zero-order valence-corrected chi connectivity index (χ0v) is 12.3. The van der Waals surface area contributed by atoms with Gasteiger partial charge in [0.2, 0.25) is 0 Å². The molecule has 0 aliphatic heterocycles. The molecule has 0 saturated carbocycles. The Kier molecular flexibility index (Phi) is 8.98. The molecule has 2 N–H and O–H groups in total. The number of ether oxygens (including phenoxy) is 4. The second-order valence-corrected chi connectivity index (χ2v) is 4.38. The lowest BCUT2D eigenvalue weighted by molar-refractivity contribution is 0.0353. The summed E-state index contributed by atoms with van der Waals surface area (Å²) in [6.45, 7) is 2.97. The number of hydrogen-bond acceptors (Lipinski definition) is 5. The minimum atomic E-state index is -0.195. The Morgan fingerprint density at radius 3 is 2.50 bits per heavy atom. The van der Waals surface area contributed by atoms with Gasteiger partial charge in [0.05, 0.1) is 33.0 Å². The molecule has 0 fully saturated rings. The molecule has 1 atom stereocenters. The molecule has 0 heterocycles. The highest BCUT2D eigenvalue weighted by Crippen LogP contribution is 2.23. The smallest absolute Gasteiger partial charge is 0.123 e. The molecule has 0 saturated heterocycles. The highest BCUT2D eigenvalue weighted by molar-refractivity contribution is 5.35. The summed E-state index contributed by atoms with van der Waals surface area (Å²) < 4.78 is 21.1. The van der Waals surface area contributed by atoms with E-state index in [1.54, 1.807) is 14.2 Å². The molecule has 0 aromatic heterocycles. The first-order chi connectivity index (χ1) is 9.79. The van der Waals surface area contributed by atoms with Crippen LogP contribution in [0.1, 0.15) is 18.0 Å². The number of hydrogen-bond donors (Lipinski definition) is 1. The van der Waals surface area contributed by atoms with E-state index in [9.17, 15) is 0 Å². The quantitative estimate of drug-likeness (QED) is 0.627. The molecular weight excluding hydrogens is 258 g/mol. The summed E-state index contributed by atoms with van der Waals surface area (Å²) in [6, 6.07) is 7.52. The number of nitrogens with two attached hydrogens (primary N) is 1. The number of benzene rings is 1. The summed E-state index contributed by atoms with van der Waals surface area (Å²) in [6.07, 6.45) is 0.900. The maximum Gasteiger partial charge on any atom is 0.123 e. The summed E-state index contributed by atoms with van der Waals surface area (Å²) in [5.74, 6) is 0.791. The van der Waals surface area contributed by atoms with Gasteiger partial charge in [-0.05, 0) is 12.5 Å². The predicted octanol–water partition coefficient (Wildman–Crippen LogP) is 1.76. The van der Waals surface area contributed by atoms with Crippen LogP contribution in [0.25, 0.3) is 0 Å². The molecule has 20 heavy (non-hydrogen) atoms. The van der Waals surface area contributed by atoms with Crippen molar-refractivity contribution in [3.8, 4) is 5.75 Å². The van der Waals surface area contributed by atoms with Crippen LogP contribution in [0.4, 0.5) is 0 Å². The fraction of sp³-hybridized carbons (Fsp3) is 0.600. The van der Waals surface area contributed by atoms with Crippen LogP contribution in [0.3, 0.4) is 0 Å². The van der Waals surface area contributed by atoms with Crippen molar-refractivity contribution < 1.29 is 18.9 Å². The van der Waals surface area contributed by atoms with Crippen LogP contribution in [-0.2, 0) is 14.2 Å². The molecule has 0 bridgehead atoms. The zero-order valence-electron chi connectivity index (χ0n) is 12.3. The number of rotatable bonds is 11. The van der Waals surface area contributed by atoms with Gasteiger partial charge in [0, 0.05) is 25.9 Å². The molecule has 1 aromatic carbocycles. The molecule has 1 rings (SSSR count). The first-order valence-electron chi connectivity index (χ1n) is 6.82. The Hall–Kier alpha value is -1.14. The van der Waals surface area contributed by atoms with Crippen molar-refractivity contribution in [1.29, 1.82) is 0 Å². The number of methoxy groups -OCH3 is 2. The van der Waals surface area contributed by atoms with Gasteiger partial charge in [0.15, 0.2) is 0 Å². The fourth-order valence-corrected chi connectivity index (χ4v) is 1.80. The van der Waals surface area contributed by atoms with Crippen molar-refractivity contribution in [2.45, 2.75) is 12.5 Å². The van der Waals surface area contributed by atoms with E-state index in [1.807, 2.05) is 24.3 Å². The van der Waals surface area contributed by atoms with Gasteiger partial charge < -0.3 is 24.7 Å². The second kappa shape index (κ2) is 10.6. The third kappa shape index (κ3) is 6.34. The normalized spacial score (nSPS) is 12.3. The Morgan fingerprint density at radius 2 is 1.75 bits per heavy atom. The van der Waals surface area contributed by atoms with Gasteiger partial charge >= 0.3 is 0 Å². The topological polar surface area (TPSA) is 62.9 Å². The zero-order chi connectivity index (χ0) is 14.6. The second-order valence-electron chi connectivity index (χ2n) is 4.38. The van der Waals surface area contributed by atoms with Crippen molar-refractivity contribution in [3.05, 3.63) is 29.8 Å². The molecule has 0 aliphatic carbocycles. The van der Waals surface area contributed by atoms with Crippen molar-refractivity contribution in [2.24, 2.45) is 5.73 Å². The van der Waals surface area contributed by atoms with Crippen LogP contribution in [0.15, 0.2) is 24.3 Å². The molecular formula is C15H25NO4. The lowest BCUT2D eigenvalue weighted by Gasteiger charge is -2.15. The highest BCUT2D eigenvalue weighted by Gasteiger charge is 2.11. The minimum absolute atomic E-state index is 0.195. The third-order valence-corrected chi connectivity index (χ3v) is 2.84. The first kappa shape index (κ1) is 16.9. The summed E-state index contributed by atoms with van der Waals surface area (Å²) in [7, 11) is 3.32. The summed E-state index contributed by atoms with van der Waals surface area (Å²) in [4.78, 5) is 0. The van der Waals surface area contributed by atoms with Crippen LogP contribution in [0.2, 0.25) is 0 Å². The van der Waals surface area contributed by atoms with E-state index < -0.39 is 0 Å². The fourth-order valence-electron chi connectivity index (χ4n) is 1.80. The molecule has 114 valence electrons. The summed E-state index contributed by atoms with van der Waals surface area (Å²) >= 11 is 0. The van der Waals surface area contributed by atoms with E-state index in [-0.39, 0.29) is 6.04 Å². The van der Waals surface area contributed by atoms with Crippen LogP contribution >= 0.6 is 0 Å². The summed E-state index contributed by atoms with van der Waals surface area (Å²) in [5, 5.41) is 0. The van der Waals surface area contributed by atoms with Gasteiger partial charge in [-0.3, -0.25) is 0 Å². The maximum atomic E-state index is 6.09. The average Bonchev–Trinajstić information content (AvgIpc) is 2.49. The molecule has 1 unspecified atom stereocenters. The van der Waals surface area contributed by atoms with Crippen molar-refractivity contribution in [2.75, 3.05) is 47.3 Å². The highest BCUT2D eigenvalue weighted by atomic mass is 16.5. The third-order valence-electron chi connectivity index (χ3n) is 2.84. The van der Waals surface area contributed by atoms with Crippen molar-refractivity contribution in [1.82, 2.24) is 0 Å². The van der Waals surface area contributed by atoms with Gasteiger partial charge in [-0.25, -0.2) is 0 Å². The molecule has 5 heteroatoms. The Balaban J connectivity index is 2.15. The van der Waals surface area contributed by atoms with E-state index in [1.165, 1.54) is 0 Å². The molecule has 0 spiro atoms. The van der Waals surface area contributed by atoms with Gasteiger partial charge in [0.25, 0.3) is 0 Å². The first-order valence-corrected chi connectivity index (χ1v) is 6.82. The monoisotopic (exact) mass is 283 g/mol. The predicted molar refractivity (Wildman–Crippen MR) is 78.1 cm³/mol. The van der Waals surface area contributed by atoms with Crippen LogP contribution < -0.4 is 10.5 Å². The number of para-hydroxylation sites is 1. The molecule has 0 radical (unpaired) electrons. The Labute approximate surface area is 121 Å². The molecule has 0 aliphatic rings. The lowest BCUT2D eigenvalue weighted by atomic mass is 10.1. The van der Waals surface area contributed by atoms with Gasteiger partial charge in [-0.15, -0.1) is 0 Å². The summed E-state index contributed by atoms with van der Waals surface area (Å²) in [5.41, 5.74) is 7.04. The molecule has 0 amide bonds. The average molecular weight is 283 g/mol. The van der Waals surface area contributed by atoms with Gasteiger partial charge in [-0.2, -0.15) is 0 Å². The Bertz CT molecular complexity index is 359. The van der Waals surface area contributed by atoms with Gasteiger partial charge in [0.1, 0.15) is 5.75 Å². The van der Waals surface area contributed by atoms with Gasteiger partial charge in [-0.1, -0.05) is 18.2 Å². The van der Waals surface area contributed by atoms with E-state index in [0.29, 0.717) is 26.4 Å². The standard InChI is InChI=1S/C15H25NO4/c1-17-8-5-9-19-10-11-20-12-14(16)13-6-3-4-7-15(13)18-2/h3-4,6-7,14H,5,8-12,16H2,1-2H3. The molecule has 5 nitrogen and oxygen atoms in total. The van der Waals surface area contributed by atoms with E-state index in [2.05, 4.69) is 0 Å². The van der Waals surface area contributed by atoms with Crippen LogP contribution in [0.5, 0.6) is 5.75 Å². The van der Waals surface area contributed by atoms with Crippen molar-refractivity contribution in [3.63, 3.8) is 0 Å².